The summed E-state index contributed by atoms with van der Waals surface area (Å²) in [5.74, 6) is 0.667. The highest BCUT2D eigenvalue weighted by Gasteiger charge is 2.15. The van der Waals surface area contributed by atoms with Crippen LogP contribution in [0.1, 0.15) is 23.9 Å². The molecule has 0 unspecified atom stereocenters. The van der Waals surface area contributed by atoms with Gasteiger partial charge in [0.25, 0.3) is 0 Å². The van der Waals surface area contributed by atoms with Gasteiger partial charge in [0.05, 0.1) is 21.4 Å². The van der Waals surface area contributed by atoms with Crippen LogP contribution in [0, 0.1) is 0 Å². The minimum absolute atomic E-state index is 0.323. The van der Waals surface area contributed by atoms with E-state index in [2.05, 4.69) is 5.10 Å². The second kappa shape index (κ2) is 7.16. The summed E-state index contributed by atoms with van der Waals surface area (Å²) in [7, 11) is 1.86. The van der Waals surface area contributed by atoms with E-state index in [1.54, 1.807) is 10.7 Å². The van der Waals surface area contributed by atoms with Crippen molar-refractivity contribution in [1.82, 2.24) is 9.78 Å². The van der Waals surface area contributed by atoms with Crippen molar-refractivity contribution in [2.45, 2.75) is 26.4 Å². The largest absolute Gasteiger partial charge is 0.485 e. The van der Waals surface area contributed by atoms with Gasteiger partial charge in [-0.05, 0) is 31.0 Å². The lowest BCUT2D eigenvalue weighted by Gasteiger charge is -2.13. The number of ether oxygens (including phenoxy) is 1. The smallest absolute Gasteiger partial charge is 0.141 e. The quantitative estimate of drug-likeness (QED) is 0.884. The Labute approximate surface area is 134 Å². The molecule has 0 aliphatic carbocycles. The molecule has 1 aromatic heterocycles. The zero-order valence-corrected chi connectivity index (χ0v) is 13.7. The van der Waals surface area contributed by atoms with Gasteiger partial charge in [-0.2, -0.15) is 5.10 Å². The van der Waals surface area contributed by atoms with Crippen LogP contribution in [0.5, 0.6) is 5.75 Å². The number of rotatable bonds is 6. The molecule has 0 aliphatic rings. The van der Waals surface area contributed by atoms with Gasteiger partial charge in [-0.25, -0.2) is 0 Å². The Hall–Kier alpha value is -1.23. The van der Waals surface area contributed by atoms with Gasteiger partial charge in [-0.1, -0.05) is 42.3 Å². The maximum Gasteiger partial charge on any atom is 0.141 e. The summed E-state index contributed by atoms with van der Waals surface area (Å²) in [6.07, 6.45) is 1.51. The fourth-order valence-electron chi connectivity index (χ4n) is 2.18. The molecule has 1 heterocycles. The highest BCUT2D eigenvalue weighted by molar-refractivity contribution is 6.32. The van der Waals surface area contributed by atoms with Crippen molar-refractivity contribution in [3.8, 4) is 5.75 Å². The Morgan fingerprint density at radius 2 is 2.10 bits per heavy atom. The van der Waals surface area contributed by atoms with E-state index in [0.717, 1.165) is 29.8 Å². The van der Waals surface area contributed by atoms with E-state index in [9.17, 15) is 0 Å². The Bertz CT molecular complexity index is 626. The SMILES string of the molecule is CCc1nn(C)c(COc2c(Cl)cccc2CCN)c1Cl. The van der Waals surface area contributed by atoms with Gasteiger partial charge >= 0.3 is 0 Å². The third kappa shape index (κ3) is 3.51. The number of hydrogen-bond donors (Lipinski definition) is 1. The highest BCUT2D eigenvalue weighted by atomic mass is 35.5. The van der Waals surface area contributed by atoms with E-state index in [1.807, 2.05) is 26.1 Å². The molecule has 0 bridgehead atoms. The highest BCUT2D eigenvalue weighted by Crippen LogP contribution is 2.31. The number of nitrogens with zero attached hydrogens (tertiary/aromatic N) is 2. The summed E-state index contributed by atoms with van der Waals surface area (Å²) >= 11 is 12.5. The summed E-state index contributed by atoms with van der Waals surface area (Å²) in [5, 5.41) is 5.61. The minimum atomic E-state index is 0.323. The number of halogens is 2. The average molecular weight is 328 g/mol. The molecule has 0 fully saturated rings. The van der Waals surface area contributed by atoms with Crippen LogP contribution in [0.15, 0.2) is 18.2 Å². The molecule has 2 aromatic rings. The van der Waals surface area contributed by atoms with Crippen molar-refractivity contribution in [3.63, 3.8) is 0 Å². The van der Waals surface area contributed by atoms with Crippen molar-refractivity contribution in [2.24, 2.45) is 12.8 Å². The van der Waals surface area contributed by atoms with Gasteiger partial charge in [0, 0.05) is 7.05 Å². The lowest BCUT2D eigenvalue weighted by Crippen LogP contribution is -2.08. The van der Waals surface area contributed by atoms with Crippen LogP contribution < -0.4 is 10.5 Å². The fourth-order valence-corrected chi connectivity index (χ4v) is 2.78. The van der Waals surface area contributed by atoms with E-state index in [-0.39, 0.29) is 0 Å². The summed E-state index contributed by atoms with van der Waals surface area (Å²) in [4.78, 5) is 0. The monoisotopic (exact) mass is 327 g/mol. The van der Waals surface area contributed by atoms with Gasteiger partial charge in [-0.15, -0.1) is 0 Å². The molecule has 0 saturated carbocycles. The van der Waals surface area contributed by atoms with E-state index in [0.29, 0.717) is 28.9 Å². The fraction of sp³-hybridized carbons (Fsp3) is 0.400. The maximum absolute atomic E-state index is 6.32. The number of aryl methyl sites for hydroxylation is 2. The molecule has 6 heteroatoms. The molecule has 0 amide bonds. The van der Waals surface area contributed by atoms with Crippen molar-refractivity contribution in [3.05, 3.63) is 45.2 Å². The van der Waals surface area contributed by atoms with Crippen LogP contribution in [-0.2, 0) is 26.5 Å². The van der Waals surface area contributed by atoms with Crippen LogP contribution in [0.2, 0.25) is 10.0 Å². The van der Waals surface area contributed by atoms with Crippen molar-refractivity contribution in [1.29, 1.82) is 0 Å². The zero-order chi connectivity index (χ0) is 15.4. The van der Waals surface area contributed by atoms with Crippen LogP contribution in [0.25, 0.3) is 0 Å². The number of para-hydroxylation sites is 1. The first-order chi connectivity index (χ1) is 10.1. The minimum Gasteiger partial charge on any atom is -0.485 e. The predicted octanol–water partition coefficient (Wildman–Crippen LogP) is 3.37. The van der Waals surface area contributed by atoms with E-state index in [4.69, 9.17) is 33.7 Å². The van der Waals surface area contributed by atoms with E-state index in [1.165, 1.54) is 0 Å². The Morgan fingerprint density at radius 3 is 2.71 bits per heavy atom. The predicted molar refractivity (Wildman–Crippen MR) is 86.1 cm³/mol. The molecule has 2 N–H and O–H groups in total. The van der Waals surface area contributed by atoms with E-state index >= 15 is 0 Å². The molecular formula is C15H19Cl2N3O. The van der Waals surface area contributed by atoms with Gasteiger partial charge < -0.3 is 10.5 Å². The number of hydrogen-bond acceptors (Lipinski definition) is 3. The Balaban J connectivity index is 2.22. The topological polar surface area (TPSA) is 53.1 Å². The molecule has 2 rings (SSSR count). The zero-order valence-electron chi connectivity index (χ0n) is 12.2. The van der Waals surface area contributed by atoms with E-state index < -0.39 is 0 Å². The van der Waals surface area contributed by atoms with Crippen molar-refractivity contribution < 1.29 is 4.74 Å². The molecule has 0 saturated heterocycles. The van der Waals surface area contributed by atoms with Gasteiger partial charge in [0.15, 0.2) is 0 Å². The van der Waals surface area contributed by atoms with Crippen LogP contribution in [0.3, 0.4) is 0 Å². The third-order valence-corrected chi connectivity index (χ3v) is 4.05. The summed E-state index contributed by atoms with van der Waals surface area (Å²) in [5.41, 5.74) is 8.34. The standard InChI is InChI=1S/C15H19Cl2N3O/c1-3-12-14(17)13(20(2)19-12)9-21-15-10(7-8-18)5-4-6-11(15)16/h4-6H,3,7-9,18H2,1-2H3. The molecule has 0 spiro atoms. The van der Waals surface area contributed by atoms with Crippen LogP contribution in [-0.4, -0.2) is 16.3 Å². The lowest BCUT2D eigenvalue weighted by molar-refractivity contribution is 0.292. The first-order valence-electron chi connectivity index (χ1n) is 6.89. The number of aromatic nitrogens is 2. The molecule has 4 nitrogen and oxygen atoms in total. The Morgan fingerprint density at radius 1 is 1.33 bits per heavy atom. The summed E-state index contributed by atoms with van der Waals surface area (Å²) in [6, 6.07) is 5.67. The molecule has 0 atom stereocenters. The maximum atomic E-state index is 6.32. The molecule has 0 radical (unpaired) electrons. The van der Waals surface area contributed by atoms with Crippen LogP contribution in [0.4, 0.5) is 0 Å². The van der Waals surface area contributed by atoms with Crippen molar-refractivity contribution in [2.75, 3.05) is 6.54 Å². The first kappa shape index (κ1) is 16.1. The lowest BCUT2D eigenvalue weighted by atomic mass is 10.1. The summed E-state index contributed by atoms with van der Waals surface area (Å²) < 4.78 is 7.64. The molecular weight excluding hydrogens is 309 g/mol. The second-order valence-corrected chi connectivity index (χ2v) is 5.53. The summed E-state index contributed by atoms with van der Waals surface area (Å²) in [6.45, 7) is 2.89. The van der Waals surface area contributed by atoms with Crippen LogP contribution >= 0.6 is 23.2 Å². The molecule has 21 heavy (non-hydrogen) atoms. The molecule has 1 aromatic carbocycles. The van der Waals surface area contributed by atoms with Gasteiger partial charge in [0.2, 0.25) is 0 Å². The third-order valence-electron chi connectivity index (χ3n) is 3.32. The molecule has 114 valence electrons. The van der Waals surface area contributed by atoms with Crippen molar-refractivity contribution >= 4 is 23.2 Å². The average Bonchev–Trinajstić information content (AvgIpc) is 2.73. The van der Waals surface area contributed by atoms with Gasteiger partial charge in [0.1, 0.15) is 12.4 Å². The second-order valence-electron chi connectivity index (χ2n) is 4.74. The Kier molecular flexibility index (Phi) is 5.51. The number of benzene rings is 1. The van der Waals surface area contributed by atoms with Gasteiger partial charge in [-0.3, -0.25) is 4.68 Å². The number of nitrogens with two attached hydrogens (primary N) is 1. The molecule has 0 aliphatic heterocycles. The normalized spacial score (nSPS) is 10.9. The first-order valence-corrected chi connectivity index (χ1v) is 7.64.